The van der Waals surface area contributed by atoms with Crippen molar-refractivity contribution in [3.05, 3.63) is 94.3 Å². The second kappa shape index (κ2) is 11.5. The predicted molar refractivity (Wildman–Crippen MR) is 130 cm³/mol. The monoisotopic (exact) mass is 468 g/mol. The summed E-state index contributed by atoms with van der Waals surface area (Å²) in [6.45, 7) is 3.96. The predicted octanol–water partition coefficient (Wildman–Crippen LogP) is 5.82. The Morgan fingerprint density at radius 3 is 2.45 bits per heavy atom. The van der Waals surface area contributed by atoms with Gasteiger partial charge >= 0.3 is 0 Å². The van der Waals surface area contributed by atoms with E-state index in [4.69, 9.17) is 21.1 Å². The van der Waals surface area contributed by atoms with Crippen molar-refractivity contribution in [3.63, 3.8) is 0 Å². The fourth-order valence-corrected chi connectivity index (χ4v) is 4.47. The molecule has 4 rings (SSSR count). The minimum Gasteiger partial charge on any atom is -0.493 e. The third kappa shape index (κ3) is 6.47. The zero-order valence-corrected chi connectivity index (χ0v) is 19.7. The van der Waals surface area contributed by atoms with Gasteiger partial charge in [-0.25, -0.2) is 4.39 Å². The first-order valence-electron chi connectivity index (χ1n) is 11.3. The Morgan fingerprint density at radius 1 is 1.00 bits per heavy atom. The van der Waals surface area contributed by atoms with Gasteiger partial charge in [0.2, 0.25) is 0 Å². The molecule has 3 aromatic rings. The van der Waals surface area contributed by atoms with E-state index in [9.17, 15) is 4.39 Å². The van der Waals surface area contributed by atoms with Gasteiger partial charge in [0.25, 0.3) is 0 Å². The normalized spacial score (nSPS) is 14.9. The molecule has 1 aliphatic rings. The lowest BCUT2D eigenvalue weighted by Gasteiger charge is -2.32. The van der Waals surface area contributed by atoms with Crippen molar-refractivity contribution in [3.8, 4) is 11.5 Å². The van der Waals surface area contributed by atoms with E-state index in [0.29, 0.717) is 34.7 Å². The second-order valence-corrected chi connectivity index (χ2v) is 8.81. The number of nitrogens with one attached hydrogen (secondary N) is 1. The van der Waals surface area contributed by atoms with E-state index < -0.39 is 0 Å². The molecule has 1 heterocycles. The van der Waals surface area contributed by atoms with Crippen LogP contribution in [0.1, 0.15) is 29.5 Å². The van der Waals surface area contributed by atoms with E-state index in [0.717, 1.165) is 38.0 Å². The average Bonchev–Trinajstić information content (AvgIpc) is 2.84. The van der Waals surface area contributed by atoms with E-state index >= 15 is 0 Å². The van der Waals surface area contributed by atoms with Gasteiger partial charge < -0.3 is 14.8 Å². The van der Waals surface area contributed by atoms with E-state index in [-0.39, 0.29) is 12.4 Å². The molecule has 0 unspecified atom stereocenters. The Hall–Kier alpha value is -2.60. The molecule has 33 heavy (non-hydrogen) atoms. The number of benzene rings is 3. The van der Waals surface area contributed by atoms with Crippen LogP contribution < -0.4 is 14.8 Å². The van der Waals surface area contributed by atoms with Crippen molar-refractivity contribution < 1.29 is 13.9 Å². The summed E-state index contributed by atoms with van der Waals surface area (Å²) in [5.41, 5.74) is 2.87. The first-order valence-corrected chi connectivity index (χ1v) is 11.7. The van der Waals surface area contributed by atoms with Crippen LogP contribution in [-0.2, 0) is 19.7 Å². The van der Waals surface area contributed by atoms with Crippen molar-refractivity contribution in [1.29, 1.82) is 0 Å². The number of rotatable bonds is 9. The van der Waals surface area contributed by atoms with Gasteiger partial charge in [-0.1, -0.05) is 60.1 Å². The van der Waals surface area contributed by atoms with Gasteiger partial charge in [0, 0.05) is 24.7 Å². The number of hydrogen-bond acceptors (Lipinski definition) is 4. The zero-order valence-electron chi connectivity index (χ0n) is 18.9. The number of piperidine rings is 1. The molecule has 174 valence electrons. The Balaban J connectivity index is 1.30. The number of ether oxygens (including phenoxy) is 2. The fraction of sp³-hybridized carbons (Fsp3) is 0.333. The molecule has 0 spiro atoms. The van der Waals surface area contributed by atoms with Crippen LogP contribution in [0.5, 0.6) is 11.5 Å². The van der Waals surface area contributed by atoms with Crippen LogP contribution in [-0.4, -0.2) is 31.1 Å². The van der Waals surface area contributed by atoms with Crippen LogP contribution in [0.2, 0.25) is 5.02 Å². The number of likely N-dealkylation sites (tertiary alicyclic amines) is 1. The Kier molecular flexibility index (Phi) is 8.21. The first-order chi connectivity index (χ1) is 16.1. The smallest absolute Gasteiger partial charge is 0.180 e. The molecule has 0 bridgehead atoms. The van der Waals surface area contributed by atoms with E-state index in [2.05, 4.69) is 40.5 Å². The maximum Gasteiger partial charge on any atom is 0.180 e. The lowest BCUT2D eigenvalue weighted by atomic mass is 10.0. The van der Waals surface area contributed by atoms with Crippen LogP contribution in [0.15, 0.2) is 66.7 Å². The van der Waals surface area contributed by atoms with E-state index in [1.807, 2.05) is 12.1 Å². The average molecular weight is 469 g/mol. The highest BCUT2D eigenvalue weighted by molar-refractivity contribution is 6.32. The van der Waals surface area contributed by atoms with Gasteiger partial charge in [-0.3, -0.25) is 4.90 Å². The van der Waals surface area contributed by atoms with Gasteiger partial charge in [0.05, 0.1) is 12.1 Å². The highest BCUT2D eigenvalue weighted by Gasteiger charge is 2.19. The van der Waals surface area contributed by atoms with Crippen molar-refractivity contribution in [2.45, 2.75) is 38.6 Å². The lowest BCUT2D eigenvalue weighted by Crippen LogP contribution is -2.41. The SMILES string of the molecule is COc1cc(CNC2CCN(Cc3ccccc3)CC2)cc(Cl)c1OCc1ccccc1F. The molecule has 3 aromatic carbocycles. The van der Waals surface area contributed by atoms with Gasteiger partial charge in [-0.05, 0) is 55.3 Å². The molecular formula is C27H30ClFN2O2. The highest BCUT2D eigenvalue weighted by atomic mass is 35.5. The molecule has 1 saturated heterocycles. The largest absolute Gasteiger partial charge is 0.493 e. The summed E-state index contributed by atoms with van der Waals surface area (Å²) >= 11 is 6.50. The number of halogens is 2. The second-order valence-electron chi connectivity index (χ2n) is 8.41. The molecule has 0 saturated carbocycles. The quantitative estimate of drug-likeness (QED) is 0.429. The van der Waals surface area contributed by atoms with Crippen LogP contribution in [0.3, 0.4) is 0 Å². The summed E-state index contributed by atoms with van der Waals surface area (Å²) in [6.07, 6.45) is 2.23. The molecule has 6 heteroatoms. The van der Waals surface area contributed by atoms with Crippen molar-refractivity contribution in [2.75, 3.05) is 20.2 Å². The molecule has 1 aliphatic heterocycles. The van der Waals surface area contributed by atoms with Crippen LogP contribution in [0.25, 0.3) is 0 Å². The lowest BCUT2D eigenvalue weighted by molar-refractivity contribution is 0.190. The molecule has 0 aliphatic carbocycles. The Labute approximate surface area is 200 Å². The zero-order chi connectivity index (χ0) is 23.0. The molecular weight excluding hydrogens is 439 g/mol. The topological polar surface area (TPSA) is 33.7 Å². The summed E-state index contributed by atoms with van der Waals surface area (Å²) in [6, 6.07) is 21.5. The minimum absolute atomic E-state index is 0.0852. The van der Waals surface area contributed by atoms with E-state index in [1.165, 1.54) is 11.6 Å². The van der Waals surface area contributed by atoms with E-state index in [1.54, 1.807) is 25.3 Å². The molecule has 0 radical (unpaired) electrons. The molecule has 4 nitrogen and oxygen atoms in total. The molecule has 1 fully saturated rings. The van der Waals surface area contributed by atoms with Crippen molar-refractivity contribution >= 4 is 11.6 Å². The van der Waals surface area contributed by atoms with Crippen molar-refractivity contribution in [1.82, 2.24) is 10.2 Å². The molecule has 0 aromatic heterocycles. The summed E-state index contributed by atoms with van der Waals surface area (Å²) < 4.78 is 25.2. The van der Waals surface area contributed by atoms with Gasteiger partial charge in [0.1, 0.15) is 12.4 Å². The molecule has 1 N–H and O–H groups in total. The Bertz CT molecular complexity index is 1040. The maximum atomic E-state index is 13.9. The third-order valence-electron chi connectivity index (χ3n) is 6.05. The van der Waals surface area contributed by atoms with Gasteiger partial charge in [-0.15, -0.1) is 0 Å². The van der Waals surface area contributed by atoms with Gasteiger partial charge in [0.15, 0.2) is 11.5 Å². The third-order valence-corrected chi connectivity index (χ3v) is 6.33. The molecule has 0 amide bonds. The summed E-state index contributed by atoms with van der Waals surface area (Å²) in [4.78, 5) is 2.51. The number of methoxy groups -OCH3 is 1. The standard InChI is InChI=1S/C27H30ClFN2O2/c1-32-26-16-21(15-24(28)27(26)33-19-22-9-5-6-10-25(22)29)17-30-23-11-13-31(14-12-23)18-20-7-3-2-4-8-20/h2-10,15-16,23,30H,11-14,17-19H2,1H3. The first kappa shape index (κ1) is 23.6. The van der Waals surface area contributed by atoms with Gasteiger partial charge in [-0.2, -0.15) is 0 Å². The fourth-order valence-electron chi connectivity index (χ4n) is 4.18. The molecule has 0 atom stereocenters. The maximum absolute atomic E-state index is 13.9. The van der Waals surface area contributed by atoms with Crippen LogP contribution >= 0.6 is 11.6 Å². The summed E-state index contributed by atoms with van der Waals surface area (Å²) in [5, 5.41) is 4.11. The van der Waals surface area contributed by atoms with Crippen molar-refractivity contribution in [2.24, 2.45) is 0 Å². The number of hydrogen-bond donors (Lipinski definition) is 1. The summed E-state index contributed by atoms with van der Waals surface area (Å²) in [5.74, 6) is 0.678. The summed E-state index contributed by atoms with van der Waals surface area (Å²) in [7, 11) is 1.58. The van der Waals surface area contributed by atoms with Crippen LogP contribution in [0.4, 0.5) is 4.39 Å². The van der Waals surface area contributed by atoms with Crippen LogP contribution in [0, 0.1) is 5.82 Å². The Morgan fingerprint density at radius 2 is 1.73 bits per heavy atom. The minimum atomic E-state index is -0.303. The highest BCUT2D eigenvalue weighted by Crippen LogP contribution is 2.37. The number of nitrogens with zero attached hydrogens (tertiary/aromatic N) is 1.